The van der Waals surface area contributed by atoms with E-state index in [-0.39, 0.29) is 0 Å². The SMILES string of the molecule is CCC(=O)C1C2CCOC21. The Bertz CT molecular complexity index is 155. The van der Waals surface area contributed by atoms with E-state index >= 15 is 0 Å². The minimum Gasteiger partial charge on any atom is -0.377 e. The first-order valence-electron chi connectivity index (χ1n) is 3.99. The number of ether oxygens (including phenoxy) is 1. The predicted molar refractivity (Wildman–Crippen MR) is 36.6 cm³/mol. The molecule has 0 aromatic carbocycles. The Hall–Kier alpha value is -0.370. The van der Waals surface area contributed by atoms with Crippen LogP contribution in [-0.2, 0) is 9.53 Å². The monoisotopic (exact) mass is 140 g/mol. The van der Waals surface area contributed by atoms with Gasteiger partial charge in [0, 0.05) is 24.9 Å². The highest BCUT2D eigenvalue weighted by molar-refractivity contribution is 5.84. The summed E-state index contributed by atoms with van der Waals surface area (Å²) in [7, 11) is 0. The normalized spacial score (nSPS) is 43.1. The van der Waals surface area contributed by atoms with Crippen molar-refractivity contribution in [1.29, 1.82) is 0 Å². The Kier molecular flexibility index (Phi) is 1.31. The third-order valence-corrected chi connectivity index (χ3v) is 2.58. The number of carbonyl (C=O) groups is 1. The lowest BCUT2D eigenvalue weighted by Crippen LogP contribution is -2.07. The number of carbonyl (C=O) groups excluding carboxylic acids is 1. The lowest BCUT2D eigenvalue weighted by atomic mass is 10.1. The third kappa shape index (κ3) is 0.717. The molecule has 1 saturated heterocycles. The number of ketones is 1. The molecule has 0 spiro atoms. The Morgan fingerprint density at radius 2 is 2.50 bits per heavy atom. The van der Waals surface area contributed by atoms with E-state index < -0.39 is 0 Å². The summed E-state index contributed by atoms with van der Waals surface area (Å²) in [6, 6.07) is 0. The molecule has 1 aliphatic carbocycles. The van der Waals surface area contributed by atoms with Crippen molar-refractivity contribution in [2.24, 2.45) is 11.8 Å². The lowest BCUT2D eigenvalue weighted by Gasteiger charge is -1.98. The van der Waals surface area contributed by atoms with Crippen LogP contribution in [0, 0.1) is 11.8 Å². The van der Waals surface area contributed by atoms with Crippen molar-refractivity contribution in [2.75, 3.05) is 6.61 Å². The van der Waals surface area contributed by atoms with E-state index in [9.17, 15) is 4.79 Å². The van der Waals surface area contributed by atoms with Gasteiger partial charge in [0.15, 0.2) is 0 Å². The van der Waals surface area contributed by atoms with Gasteiger partial charge in [-0.25, -0.2) is 0 Å². The average molecular weight is 140 g/mol. The first-order valence-corrected chi connectivity index (χ1v) is 3.99. The summed E-state index contributed by atoms with van der Waals surface area (Å²) in [6.07, 6.45) is 2.12. The smallest absolute Gasteiger partial charge is 0.138 e. The molecular formula is C8H12O2. The summed E-state index contributed by atoms with van der Waals surface area (Å²) in [4.78, 5) is 11.1. The second-order valence-corrected chi connectivity index (χ2v) is 3.13. The minimum atomic E-state index is 0.291. The molecular weight excluding hydrogens is 128 g/mol. The maximum atomic E-state index is 11.1. The van der Waals surface area contributed by atoms with Crippen LogP contribution >= 0.6 is 0 Å². The van der Waals surface area contributed by atoms with E-state index in [0.717, 1.165) is 13.0 Å². The van der Waals surface area contributed by atoms with Gasteiger partial charge < -0.3 is 4.74 Å². The number of rotatable bonds is 2. The summed E-state index contributed by atoms with van der Waals surface area (Å²) < 4.78 is 5.34. The van der Waals surface area contributed by atoms with E-state index in [0.29, 0.717) is 30.1 Å². The van der Waals surface area contributed by atoms with Crippen LogP contribution in [0.4, 0.5) is 0 Å². The number of hydrogen-bond donors (Lipinski definition) is 0. The van der Waals surface area contributed by atoms with Crippen molar-refractivity contribution in [1.82, 2.24) is 0 Å². The molecule has 1 heterocycles. The van der Waals surface area contributed by atoms with Gasteiger partial charge in [0.05, 0.1) is 6.10 Å². The van der Waals surface area contributed by atoms with Crippen LogP contribution in [0.15, 0.2) is 0 Å². The molecule has 3 unspecified atom stereocenters. The molecule has 0 aromatic rings. The van der Waals surface area contributed by atoms with Crippen molar-refractivity contribution in [3.63, 3.8) is 0 Å². The number of hydrogen-bond acceptors (Lipinski definition) is 2. The van der Waals surface area contributed by atoms with Crippen LogP contribution in [0.5, 0.6) is 0 Å². The maximum Gasteiger partial charge on any atom is 0.138 e. The largest absolute Gasteiger partial charge is 0.377 e. The molecule has 2 aliphatic rings. The van der Waals surface area contributed by atoms with Gasteiger partial charge in [0.25, 0.3) is 0 Å². The van der Waals surface area contributed by atoms with Crippen LogP contribution in [0.25, 0.3) is 0 Å². The molecule has 0 radical (unpaired) electrons. The molecule has 2 fully saturated rings. The van der Waals surface area contributed by atoms with E-state index in [2.05, 4.69) is 0 Å². The first-order chi connectivity index (χ1) is 4.84. The van der Waals surface area contributed by atoms with Crippen molar-refractivity contribution < 1.29 is 9.53 Å². The van der Waals surface area contributed by atoms with Crippen LogP contribution in [0.1, 0.15) is 19.8 Å². The summed E-state index contributed by atoms with van der Waals surface area (Å²) in [6.45, 7) is 2.80. The second-order valence-electron chi connectivity index (χ2n) is 3.13. The lowest BCUT2D eigenvalue weighted by molar-refractivity contribution is -0.121. The fourth-order valence-corrected chi connectivity index (χ4v) is 1.91. The molecule has 0 aromatic heterocycles. The van der Waals surface area contributed by atoms with Gasteiger partial charge in [-0.05, 0) is 6.42 Å². The first kappa shape index (κ1) is 6.35. The van der Waals surface area contributed by atoms with Gasteiger partial charge in [-0.15, -0.1) is 0 Å². The molecule has 2 rings (SSSR count). The fraction of sp³-hybridized carbons (Fsp3) is 0.875. The summed E-state index contributed by atoms with van der Waals surface area (Å²) in [5.41, 5.74) is 0. The summed E-state index contributed by atoms with van der Waals surface area (Å²) in [5.74, 6) is 1.29. The standard InChI is InChI=1S/C8H12O2/c1-2-6(9)7-5-3-4-10-8(5)7/h5,7-8H,2-4H2,1H3. The van der Waals surface area contributed by atoms with Gasteiger partial charge in [-0.3, -0.25) is 4.79 Å². The second kappa shape index (κ2) is 2.06. The molecule has 56 valence electrons. The van der Waals surface area contributed by atoms with Gasteiger partial charge in [0.1, 0.15) is 5.78 Å². The van der Waals surface area contributed by atoms with E-state index in [4.69, 9.17) is 4.74 Å². The van der Waals surface area contributed by atoms with Crippen molar-refractivity contribution in [3.8, 4) is 0 Å². The van der Waals surface area contributed by atoms with Crippen LogP contribution in [-0.4, -0.2) is 18.5 Å². The topological polar surface area (TPSA) is 26.3 Å². The molecule has 0 amide bonds. The highest BCUT2D eigenvalue weighted by Gasteiger charge is 2.57. The van der Waals surface area contributed by atoms with Crippen LogP contribution in [0.2, 0.25) is 0 Å². The fourth-order valence-electron chi connectivity index (χ4n) is 1.91. The van der Waals surface area contributed by atoms with Crippen molar-refractivity contribution >= 4 is 5.78 Å². The highest BCUT2D eigenvalue weighted by Crippen LogP contribution is 2.49. The molecule has 0 bridgehead atoms. The van der Waals surface area contributed by atoms with E-state index in [1.165, 1.54) is 0 Å². The zero-order valence-corrected chi connectivity index (χ0v) is 6.17. The summed E-state index contributed by atoms with van der Waals surface area (Å²) >= 11 is 0. The maximum absolute atomic E-state index is 11.1. The molecule has 1 saturated carbocycles. The molecule has 0 N–H and O–H groups in total. The van der Waals surface area contributed by atoms with Gasteiger partial charge in [-0.2, -0.15) is 0 Å². The average Bonchev–Trinajstić information content (AvgIpc) is 2.43. The molecule has 3 atom stereocenters. The molecule has 2 heteroatoms. The van der Waals surface area contributed by atoms with Crippen molar-refractivity contribution in [3.05, 3.63) is 0 Å². The third-order valence-electron chi connectivity index (χ3n) is 2.58. The molecule has 1 aliphatic heterocycles. The van der Waals surface area contributed by atoms with E-state index in [1.807, 2.05) is 6.92 Å². The quantitative estimate of drug-likeness (QED) is 0.572. The molecule has 2 nitrogen and oxygen atoms in total. The predicted octanol–water partition coefficient (Wildman–Crippen LogP) is 1.00. The van der Waals surface area contributed by atoms with Crippen molar-refractivity contribution in [2.45, 2.75) is 25.9 Å². The molecule has 10 heavy (non-hydrogen) atoms. The van der Waals surface area contributed by atoms with E-state index in [1.54, 1.807) is 0 Å². The van der Waals surface area contributed by atoms with Gasteiger partial charge in [0.2, 0.25) is 0 Å². The van der Waals surface area contributed by atoms with Gasteiger partial charge in [-0.1, -0.05) is 6.92 Å². The number of Topliss-reactive ketones (excluding diaryl/α,β-unsaturated/α-hetero) is 1. The van der Waals surface area contributed by atoms with Crippen LogP contribution < -0.4 is 0 Å². The zero-order valence-electron chi connectivity index (χ0n) is 6.17. The number of fused-ring (bicyclic) bond motifs is 1. The summed E-state index contributed by atoms with van der Waals surface area (Å²) in [5, 5.41) is 0. The van der Waals surface area contributed by atoms with Gasteiger partial charge >= 0.3 is 0 Å². The minimum absolute atomic E-state index is 0.291. The Morgan fingerprint density at radius 1 is 1.70 bits per heavy atom. The van der Waals surface area contributed by atoms with Crippen LogP contribution in [0.3, 0.4) is 0 Å². The Labute approximate surface area is 60.6 Å². The zero-order chi connectivity index (χ0) is 7.14. The highest BCUT2D eigenvalue weighted by atomic mass is 16.5. The Balaban J connectivity index is 1.94. The Morgan fingerprint density at radius 3 is 3.00 bits per heavy atom.